The van der Waals surface area contributed by atoms with Gasteiger partial charge in [0.2, 0.25) is 0 Å². The van der Waals surface area contributed by atoms with Crippen LogP contribution in [0.3, 0.4) is 0 Å². The highest BCUT2D eigenvalue weighted by molar-refractivity contribution is 5.64. The summed E-state index contributed by atoms with van der Waals surface area (Å²) in [5.41, 5.74) is 0. The summed E-state index contributed by atoms with van der Waals surface area (Å²) in [6.45, 7) is 5.10. The Hall–Kier alpha value is -0.570. The van der Waals surface area contributed by atoms with E-state index in [2.05, 4.69) is 13.8 Å². The van der Waals surface area contributed by atoms with Gasteiger partial charge in [-0.3, -0.25) is 0 Å². The highest BCUT2D eigenvalue weighted by atomic mass is 16.4. The summed E-state index contributed by atoms with van der Waals surface area (Å²) in [7, 11) is 1.96. The molecule has 0 aromatic heterocycles. The van der Waals surface area contributed by atoms with Crippen LogP contribution in [-0.4, -0.2) is 19.6 Å². The second-order valence-electron chi connectivity index (χ2n) is 3.72. The van der Waals surface area contributed by atoms with Crippen molar-refractivity contribution in [3.63, 3.8) is 0 Å². The summed E-state index contributed by atoms with van der Waals surface area (Å²) in [5.74, 6) is -0.100. The number of carbonyl (C=O) groups excluding carboxylic acids is 1. The number of carbonyl (C=O) groups is 1. The van der Waals surface area contributed by atoms with Crippen molar-refractivity contribution in [3.8, 4) is 0 Å². The molecule has 0 heterocycles. The van der Waals surface area contributed by atoms with Gasteiger partial charge in [-0.2, -0.15) is 0 Å². The smallest absolute Gasteiger partial charge is 0.0785 e. The Morgan fingerprint density at radius 3 is 2.42 bits per heavy atom. The first-order valence-corrected chi connectivity index (χ1v) is 4.54. The van der Waals surface area contributed by atoms with Gasteiger partial charge in [0.05, 0.1) is 13.6 Å². The average Bonchev–Trinajstić information content (AvgIpc) is 1.84. The standard InChI is InChI=1S/C9H19NO2/c1-7(2)4-8(6-10-3)5-9(11)12/h7-8,10H,4-6H2,1-3H3,(H,11,12)/t8-/m0/s1. The van der Waals surface area contributed by atoms with Crippen molar-refractivity contribution in [2.45, 2.75) is 26.7 Å². The first-order chi connectivity index (χ1) is 5.56. The summed E-state index contributed by atoms with van der Waals surface area (Å²) in [6, 6.07) is 0. The third-order valence-corrected chi connectivity index (χ3v) is 1.83. The lowest BCUT2D eigenvalue weighted by Gasteiger charge is -2.16. The second kappa shape index (κ2) is 6.00. The predicted octanol–water partition coefficient (Wildman–Crippen LogP) is -1.02. The Morgan fingerprint density at radius 1 is 1.50 bits per heavy atom. The van der Waals surface area contributed by atoms with Crippen LogP contribution in [0, 0.1) is 11.8 Å². The number of rotatable bonds is 6. The molecule has 0 rings (SSSR count). The number of hydrogen-bond donors (Lipinski definition) is 1. The largest absolute Gasteiger partial charge is 0.550 e. The molecule has 3 heteroatoms. The van der Waals surface area contributed by atoms with Gasteiger partial charge in [-0.05, 0) is 18.8 Å². The van der Waals surface area contributed by atoms with Crippen molar-refractivity contribution < 1.29 is 15.2 Å². The number of carboxylic acids is 1. The Balaban J connectivity index is 3.77. The minimum atomic E-state index is -0.928. The molecular formula is C9H19NO2. The van der Waals surface area contributed by atoms with E-state index in [4.69, 9.17) is 0 Å². The molecule has 0 unspecified atom stereocenters. The van der Waals surface area contributed by atoms with Gasteiger partial charge in [0.25, 0.3) is 0 Å². The first kappa shape index (κ1) is 11.4. The van der Waals surface area contributed by atoms with E-state index in [1.54, 1.807) is 0 Å². The van der Waals surface area contributed by atoms with Crippen LogP contribution in [-0.2, 0) is 4.79 Å². The third-order valence-electron chi connectivity index (χ3n) is 1.83. The van der Waals surface area contributed by atoms with Crippen LogP contribution >= 0.6 is 0 Å². The molecule has 0 saturated carbocycles. The molecule has 1 atom stereocenters. The van der Waals surface area contributed by atoms with E-state index in [1.165, 1.54) is 0 Å². The van der Waals surface area contributed by atoms with Gasteiger partial charge < -0.3 is 15.2 Å². The highest BCUT2D eigenvalue weighted by Gasteiger charge is 2.11. The molecule has 0 aliphatic rings. The fraction of sp³-hybridized carbons (Fsp3) is 0.889. The minimum Gasteiger partial charge on any atom is -0.550 e. The Labute approximate surface area is 74.2 Å². The maximum absolute atomic E-state index is 10.3. The lowest BCUT2D eigenvalue weighted by atomic mass is 9.94. The molecule has 2 N–H and O–H groups in total. The van der Waals surface area contributed by atoms with E-state index in [1.807, 2.05) is 12.4 Å². The number of carboxylic acid groups (broad SMARTS) is 1. The summed E-state index contributed by atoms with van der Waals surface area (Å²) in [5, 5.41) is 12.4. The van der Waals surface area contributed by atoms with Gasteiger partial charge in [0.15, 0.2) is 0 Å². The normalized spacial score (nSPS) is 13.3. The van der Waals surface area contributed by atoms with E-state index in [-0.39, 0.29) is 12.3 Å². The van der Waals surface area contributed by atoms with Gasteiger partial charge in [0, 0.05) is 11.9 Å². The number of aliphatic carboxylic acids is 1. The molecule has 0 aliphatic carbocycles. The van der Waals surface area contributed by atoms with Gasteiger partial charge in [-0.15, -0.1) is 0 Å². The zero-order chi connectivity index (χ0) is 9.56. The van der Waals surface area contributed by atoms with Gasteiger partial charge >= 0.3 is 0 Å². The fourth-order valence-corrected chi connectivity index (χ4v) is 1.50. The summed E-state index contributed by atoms with van der Waals surface area (Å²) >= 11 is 0. The third kappa shape index (κ3) is 6.16. The number of hydrogen-bond acceptors (Lipinski definition) is 2. The molecule has 3 nitrogen and oxygen atoms in total. The van der Waals surface area contributed by atoms with Crippen LogP contribution in [0.15, 0.2) is 0 Å². The van der Waals surface area contributed by atoms with Crippen LogP contribution in [0.2, 0.25) is 0 Å². The molecule has 0 radical (unpaired) electrons. The topological polar surface area (TPSA) is 56.7 Å². The van der Waals surface area contributed by atoms with Gasteiger partial charge in [0.1, 0.15) is 0 Å². The number of quaternary nitrogens is 1. The molecule has 0 saturated heterocycles. The Morgan fingerprint density at radius 2 is 2.08 bits per heavy atom. The predicted molar refractivity (Wildman–Crippen MR) is 45.3 cm³/mol. The highest BCUT2D eigenvalue weighted by Crippen LogP contribution is 2.12. The van der Waals surface area contributed by atoms with Crippen LogP contribution in [0.25, 0.3) is 0 Å². The lowest BCUT2D eigenvalue weighted by molar-refractivity contribution is -0.633. The maximum Gasteiger partial charge on any atom is 0.0785 e. The minimum absolute atomic E-state index is 0.197. The van der Waals surface area contributed by atoms with Crippen LogP contribution in [0.4, 0.5) is 0 Å². The fourth-order valence-electron chi connectivity index (χ4n) is 1.50. The molecule has 0 aliphatic heterocycles. The van der Waals surface area contributed by atoms with E-state index in [0.29, 0.717) is 5.92 Å². The second-order valence-corrected chi connectivity index (χ2v) is 3.72. The summed E-state index contributed by atoms with van der Waals surface area (Å²) in [6.07, 6.45) is 1.17. The van der Waals surface area contributed by atoms with Crippen molar-refractivity contribution in [2.75, 3.05) is 13.6 Å². The molecule has 0 fully saturated rings. The zero-order valence-electron chi connectivity index (χ0n) is 8.17. The average molecular weight is 173 g/mol. The molecule has 0 bridgehead atoms. The molecular weight excluding hydrogens is 154 g/mol. The van der Waals surface area contributed by atoms with Crippen molar-refractivity contribution in [1.29, 1.82) is 0 Å². The van der Waals surface area contributed by atoms with Crippen molar-refractivity contribution in [1.82, 2.24) is 0 Å². The molecule has 0 aromatic carbocycles. The van der Waals surface area contributed by atoms with Crippen molar-refractivity contribution >= 4 is 5.97 Å². The molecule has 72 valence electrons. The number of nitrogens with two attached hydrogens (primary N) is 1. The molecule has 12 heavy (non-hydrogen) atoms. The maximum atomic E-state index is 10.3. The van der Waals surface area contributed by atoms with Gasteiger partial charge in [-0.25, -0.2) is 0 Å². The van der Waals surface area contributed by atoms with Crippen LogP contribution in [0.5, 0.6) is 0 Å². The zero-order valence-corrected chi connectivity index (χ0v) is 8.17. The van der Waals surface area contributed by atoms with Crippen LogP contribution in [0.1, 0.15) is 26.7 Å². The molecule has 0 amide bonds. The van der Waals surface area contributed by atoms with Crippen LogP contribution < -0.4 is 10.4 Å². The van der Waals surface area contributed by atoms with E-state index in [9.17, 15) is 9.90 Å². The molecule has 0 aromatic rings. The van der Waals surface area contributed by atoms with Crippen molar-refractivity contribution in [3.05, 3.63) is 0 Å². The SMILES string of the molecule is C[NH2+]C[C@H](CC(=O)[O-])CC(C)C. The van der Waals surface area contributed by atoms with E-state index < -0.39 is 5.97 Å². The Kier molecular flexibility index (Phi) is 5.72. The van der Waals surface area contributed by atoms with E-state index >= 15 is 0 Å². The van der Waals surface area contributed by atoms with E-state index in [0.717, 1.165) is 13.0 Å². The van der Waals surface area contributed by atoms with Crippen molar-refractivity contribution in [2.24, 2.45) is 11.8 Å². The molecule has 0 spiro atoms. The van der Waals surface area contributed by atoms with Gasteiger partial charge in [-0.1, -0.05) is 13.8 Å². The summed E-state index contributed by atoms with van der Waals surface area (Å²) in [4.78, 5) is 10.3. The quantitative estimate of drug-likeness (QED) is 0.559. The Bertz CT molecular complexity index is 134. The lowest BCUT2D eigenvalue weighted by Crippen LogP contribution is -2.81. The monoisotopic (exact) mass is 173 g/mol. The first-order valence-electron chi connectivity index (χ1n) is 4.54. The summed E-state index contributed by atoms with van der Waals surface area (Å²) < 4.78 is 0.